The van der Waals surface area contributed by atoms with Crippen LogP contribution in [-0.2, 0) is 5.41 Å². The zero-order valence-corrected chi connectivity index (χ0v) is 40.2. The molecule has 3 nitrogen and oxygen atoms in total. The number of aromatic nitrogens is 2. The van der Waals surface area contributed by atoms with E-state index in [1.165, 1.54) is 99.2 Å². The lowest BCUT2D eigenvalue weighted by atomic mass is 9.81. The Bertz CT molecular complexity index is 4160. The van der Waals surface area contributed by atoms with Gasteiger partial charge in [-0.25, -0.2) is 0 Å². The molecule has 2 aromatic heterocycles. The molecule has 14 rings (SSSR count). The summed E-state index contributed by atoms with van der Waals surface area (Å²) < 4.78 is 4.84. The number of rotatable bonds is 8. The number of benzene rings is 11. The highest BCUT2D eigenvalue weighted by atomic mass is 15.1. The van der Waals surface area contributed by atoms with Crippen LogP contribution < -0.4 is 4.90 Å². The summed E-state index contributed by atoms with van der Waals surface area (Å²) in [7, 11) is 0. The number of fused-ring (bicyclic) bond motifs is 9. The number of para-hydroxylation sites is 4. The normalized spacial score (nSPS) is 12.7. The highest BCUT2D eigenvalue weighted by molar-refractivity contribution is 6.14. The molecular formula is C69H49N3. The molecule has 0 radical (unpaired) electrons. The van der Waals surface area contributed by atoms with E-state index in [0.717, 1.165) is 28.4 Å². The van der Waals surface area contributed by atoms with Gasteiger partial charge in [0.15, 0.2) is 0 Å². The summed E-state index contributed by atoms with van der Waals surface area (Å²) in [5.74, 6) is 0. The lowest BCUT2D eigenvalue weighted by Gasteiger charge is -2.25. The highest BCUT2D eigenvalue weighted by Crippen LogP contribution is 2.50. The molecule has 13 aromatic rings. The predicted molar refractivity (Wildman–Crippen MR) is 304 cm³/mol. The van der Waals surface area contributed by atoms with Crippen LogP contribution in [-0.4, -0.2) is 9.13 Å². The van der Waals surface area contributed by atoms with Crippen LogP contribution in [0.15, 0.2) is 261 Å². The van der Waals surface area contributed by atoms with Gasteiger partial charge in [0.1, 0.15) is 0 Å². The summed E-state index contributed by atoms with van der Waals surface area (Å²) in [4.78, 5) is 2.31. The molecule has 0 saturated carbocycles. The fourth-order valence-electron chi connectivity index (χ4n) is 11.8. The number of hydrogen-bond acceptors (Lipinski definition) is 1. The lowest BCUT2D eigenvalue weighted by Crippen LogP contribution is -2.14. The molecule has 1 aliphatic rings. The van der Waals surface area contributed by atoms with Gasteiger partial charge < -0.3 is 14.0 Å². The summed E-state index contributed by atoms with van der Waals surface area (Å²) in [5, 5.41) is 4.92. The van der Waals surface area contributed by atoms with Gasteiger partial charge in [-0.3, -0.25) is 0 Å². The van der Waals surface area contributed by atoms with Crippen LogP contribution in [0.1, 0.15) is 25.0 Å². The third-order valence-corrected chi connectivity index (χ3v) is 15.3. The maximum absolute atomic E-state index is 2.44. The van der Waals surface area contributed by atoms with Gasteiger partial charge in [0.2, 0.25) is 0 Å². The molecule has 3 heteroatoms. The first kappa shape index (κ1) is 41.8. The van der Waals surface area contributed by atoms with Crippen molar-refractivity contribution < 1.29 is 0 Å². The third kappa shape index (κ3) is 6.66. The van der Waals surface area contributed by atoms with Gasteiger partial charge in [0.25, 0.3) is 0 Å². The van der Waals surface area contributed by atoms with E-state index in [1.54, 1.807) is 0 Å². The zero-order valence-electron chi connectivity index (χ0n) is 40.2. The van der Waals surface area contributed by atoms with Crippen molar-refractivity contribution in [2.75, 3.05) is 4.90 Å². The third-order valence-electron chi connectivity index (χ3n) is 15.3. The van der Waals surface area contributed by atoms with E-state index in [0.29, 0.717) is 0 Å². The summed E-state index contributed by atoms with van der Waals surface area (Å²) in [6.07, 6.45) is 0. The van der Waals surface area contributed by atoms with E-state index in [2.05, 4.69) is 289 Å². The monoisotopic (exact) mass is 919 g/mol. The molecule has 2 heterocycles. The molecule has 0 saturated heterocycles. The van der Waals surface area contributed by atoms with E-state index in [-0.39, 0.29) is 5.41 Å². The van der Waals surface area contributed by atoms with E-state index in [1.807, 2.05) is 0 Å². The van der Waals surface area contributed by atoms with Crippen LogP contribution in [0, 0.1) is 0 Å². The van der Waals surface area contributed by atoms with Crippen LogP contribution in [0.25, 0.3) is 99.5 Å². The van der Waals surface area contributed by atoms with Crippen LogP contribution in [0.2, 0.25) is 0 Å². The van der Waals surface area contributed by atoms with Crippen LogP contribution in [0.4, 0.5) is 17.1 Å². The molecule has 0 bridgehead atoms. The van der Waals surface area contributed by atoms with Gasteiger partial charge in [0.05, 0.1) is 22.1 Å². The molecule has 0 unspecified atom stereocenters. The Balaban J connectivity index is 0.901. The predicted octanol–water partition coefficient (Wildman–Crippen LogP) is 18.7. The second kappa shape index (κ2) is 16.5. The molecule has 0 atom stereocenters. The molecule has 0 N–H and O–H groups in total. The molecule has 0 spiro atoms. The van der Waals surface area contributed by atoms with Gasteiger partial charge in [-0.05, 0) is 171 Å². The smallest absolute Gasteiger partial charge is 0.0541 e. The van der Waals surface area contributed by atoms with Gasteiger partial charge in [0, 0.05) is 55.4 Å². The Hall–Kier alpha value is -9.18. The standard InChI is InChI=1S/C69H49N3/c1-69(2)63-26-16-15-25-57(63)58-36-29-51(45-64(58)69)50-33-40-68-62(44-50)61-43-49(32-39-67(61)72(68)55-23-13-6-14-24-55)48-31-38-66-60(42-48)59-41-47(30-37-65(59)71(66)54-21-11-5-12-22-54)46-27-34-56(35-28-46)70(52-17-7-3-8-18-52)53-19-9-4-10-20-53/h3-45H,1-2H3. The Kier molecular flexibility index (Phi) is 9.56. The summed E-state index contributed by atoms with van der Waals surface area (Å²) in [5.41, 5.74) is 23.0. The van der Waals surface area contributed by atoms with Crippen molar-refractivity contribution in [2.45, 2.75) is 19.3 Å². The first-order valence-electron chi connectivity index (χ1n) is 25.0. The first-order valence-corrected chi connectivity index (χ1v) is 25.0. The second-order valence-electron chi connectivity index (χ2n) is 19.8. The molecular weight excluding hydrogens is 871 g/mol. The van der Waals surface area contributed by atoms with Gasteiger partial charge in [-0.2, -0.15) is 0 Å². The quantitative estimate of drug-likeness (QED) is 0.148. The summed E-state index contributed by atoms with van der Waals surface area (Å²) >= 11 is 0. The van der Waals surface area contributed by atoms with Crippen molar-refractivity contribution in [3.8, 4) is 55.9 Å². The van der Waals surface area contributed by atoms with Crippen molar-refractivity contribution in [3.05, 3.63) is 272 Å². The number of nitrogens with zero attached hydrogens (tertiary/aromatic N) is 3. The highest BCUT2D eigenvalue weighted by Gasteiger charge is 2.35. The summed E-state index contributed by atoms with van der Waals surface area (Å²) in [6.45, 7) is 4.72. The zero-order chi connectivity index (χ0) is 47.9. The maximum Gasteiger partial charge on any atom is 0.0541 e. The fourth-order valence-corrected chi connectivity index (χ4v) is 11.8. The van der Waals surface area contributed by atoms with E-state index in [4.69, 9.17) is 0 Å². The SMILES string of the molecule is CC1(C)c2ccccc2-c2ccc(-c3ccc4c(c3)c3cc(-c5ccc6c(c5)c5cc(-c7ccc(N(c8ccccc8)c8ccccc8)cc7)ccc5n6-c5ccccc5)ccc3n4-c3ccccc3)cc21. The number of hydrogen-bond donors (Lipinski definition) is 0. The molecule has 11 aromatic carbocycles. The van der Waals surface area contributed by atoms with Crippen molar-refractivity contribution in [3.63, 3.8) is 0 Å². The molecule has 0 fully saturated rings. The van der Waals surface area contributed by atoms with E-state index in [9.17, 15) is 0 Å². The molecule has 0 amide bonds. The average molecular weight is 920 g/mol. The van der Waals surface area contributed by atoms with Crippen LogP contribution in [0.3, 0.4) is 0 Å². The van der Waals surface area contributed by atoms with Gasteiger partial charge in [-0.15, -0.1) is 0 Å². The molecule has 340 valence electrons. The minimum atomic E-state index is -0.0695. The second-order valence-corrected chi connectivity index (χ2v) is 19.8. The van der Waals surface area contributed by atoms with Crippen molar-refractivity contribution in [1.82, 2.24) is 9.13 Å². The Morgan fingerprint density at radius 1 is 0.278 bits per heavy atom. The largest absolute Gasteiger partial charge is 0.311 e. The van der Waals surface area contributed by atoms with Gasteiger partial charge >= 0.3 is 0 Å². The lowest BCUT2D eigenvalue weighted by molar-refractivity contribution is 0.660. The van der Waals surface area contributed by atoms with Crippen molar-refractivity contribution in [1.29, 1.82) is 0 Å². The molecule has 1 aliphatic carbocycles. The minimum Gasteiger partial charge on any atom is -0.311 e. The van der Waals surface area contributed by atoms with Crippen molar-refractivity contribution in [2.24, 2.45) is 0 Å². The molecule has 72 heavy (non-hydrogen) atoms. The van der Waals surface area contributed by atoms with Crippen LogP contribution in [0.5, 0.6) is 0 Å². The summed E-state index contributed by atoms with van der Waals surface area (Å²) in [6, 6.07) is 95.8. The Labute approximate surface area is 419 Å². The molecule has 0 aliphatic heterocycles. The van der Waals surface area contributed by atoms with E-state index >= 15 is 0 Å². The van der Waals surface area contributed by atoms with Gasteiger partial charge in [-0.1, -0.05) is 159 Å². The Morgan fingerprint density at radius 3 is 1.07 bits per heavy atom. The minimum absolute atomic E-state index is 0.0695. The Morgan fingerprint density at radius 2 is 0.611 bits per heavy atom. The average Bonchev–Trinajstić information content (AvgIpc) is 4.03. The van der Waals surface area contributed by atoms with E-state index < -0.39 is 0 Å². The first-order chi connectivity index (χ1) is 35.5. The maximum atomic E-state index is 2.44. The fraction of sp³-hybridized carbons (Fsp3) is 0.0435. The number of anilines is 3. The topological polar surface area (TPSA) is 13.1 Å². The van der Waals surface area contributed by atoms with Crippen LogP contribution >= 0.6 is 0 Å². The van der Waals surface area contributed by atoms with Crippen molar-refractivity contribution >= 4 is 60.7 Å².